The van der Waals surface area contributed by atoms with Gasteiger partial charge in [0.15, 0.2) is 11.4 Å². The van der Waals surface area contributed by atoms with Crippen LogP contribution in [0.5, 0.6) is 0 Å². The molecule has 2 aromatic heterocycles. The van der Waals surface area contributed by atoms with Crippen molar-refractivity contribution in [2.75, 3.05) is 0 Å². The Morgan fingerprint density at radius 1 is 1.00 bits per heavy atom. The van der Waals surface area contributed by atoms with E-state index in [0.29, 0.717) is 29.8 Å². The Hall–Kier alpha value is -1.82. The molecule has 0 amide bonds. The maximum Gasteiger partial charge on any atom is 0.177 e. The second-order valence-corrected chi connectivity index (χ2v) is 12.0. The lowest BCUT2D eigenvalue weighted by Gasteiger charge is -2.56. The summed E-state index contributed by atoms with van der Waals surface area (Å²) >= 11 is 0. The highest BCUT2D eigenvalue weighted by molar-refractivity contribution is 5.83. The van der Waals surface area contributed by atoms with Gasteiger partial charge in [0.2, 0.25) is 0 Å². The molecule has 5 saturated carbocycles. The summed E-state index contributed by atoms with van der Waals surface area (Å²) in [6.45, 7) is 2.74. The van der Waals surface area contributed by atoms with E-state index >= 15 is 0 Å². The van der Waals surface area contributed by atoms with Gasteiger partial charge in [0.1, 0.15) is 12.1 Å². The molecule has 9 atom stereocenters. The van der Waals surface area contributed by atoms with E-state index in [0.717, 1.165) is 48.5 Å². The van der Waals surface area contributed by atoms with Gasteiger partial charge in [-0.3, -0.25) is 4.79 Å². The summed E-state index contributed by atoms with van der Waals surface area (Å²) in [4.78, 5) is 22.2. The number of Topliss-reactive ketones (excluding diaryl/α,β-unsaturated/α-hetero) is 1. The minimum atomic E-state index is -0.289. The highest BCUT2D eigenvalue weighted by Crippen LogP contribution is 2.68. The van der Waals surface area contributed by atoms with Gasteiger partial charge >= 0.3 is 0 Å². The molecule has 5 fully saturated rings. The second-order valence-electron chi connectivity index (χ2n) is 12.0. The van der Waals surface area contributed by atoms with Gasteiger partial charge in [-0.2, -0.15) is 5.10 Å². The Kier molecular flexibility index (Phi) is 4.06. The molecule has 9 unspecified atom stereocenters. The lowest BCUT2D eigenvalue weighted by molar-refractivity contribution is -0.131. The van der Waals surface area contributed by atoms with Crippen molar-refractivity contribution in [2.45, 2.75) is 76.9 Å². The molecule has 6 heteroatoms. The molecule has 6 nitrogen and oxygen atoms in total. The largest absolute Gasteiger partial charge is 0.390 e. The number of ketones is 1. The quantitative estimate of drug-likeness (QED) is 0.789. The number of nitrogens with zero attached hydrogens (tertiary/aromatic N) is 4. The number of hydrogen-bond donors (Lipinski definition) is 1. The van der Waals surface area contributed by atoms with Gasteiger partial charge in [-0.05, 0) is 98.7 Å². The Bertz CT molecular complexity index is 1080. The Labute approximate surface area is 189 Å². The van der Waals surface area contributed by atoms with Gasteiger partial charge in [0.25, 0.3) is 0 Å². The molecule has 2 heterocycles. The third kappa shape index (κ3) is 2.62. The first-order chi connectivity index (χ1) is 15.5. The van der Waals surface area contributed by atoms with Gasteiger partial charge in [0, 0.05) is 18.3 Å². The lowest BCUT2D eigenvalue weighted by atomic mass is 9.49. The summed E-state index contributed by atoms with van der Waals surface area (Å²) in [5, 5.41) is 15.1. The van der Waals surface area contributed by atoms with Crippen molar-refractivity contribution >= 4 is 16.9 Å². The SMILES string of the molecule is CC12CCC3C4CCC5(O)CC5C4CCC3C1CCC2C(=O)Cn1ncc2nccnc21. The molecule has 2 aromatic rings. The van der Waals surface area contributed by atoms with Crippen LogP contribution in [-0.2, 0) is 11.3 Å². The van der Waals surface area contributed by atoms with Crippen LogP contribution in [0.15, 0.2) is 18.6 Å². The zero-order valence-electron chi connectivity index (χ0n) is 19.0. The molecular formula is C26H34N4O2. The first-order valence-corrected chi connectivity index (χ1v) is 12.9. The summed E-state index contributed by atoms with van der Waals surface area (Å²) in [5.74, 6) is 4.97. The van der Waals surface area contributed by atoms with Crippen LogP contribution >= 0.6 is 0 Å². The number of aromatic nitrogens is 4. The smallest absolute Gasteiger partial charge is 0.177 e. The van der Waals surface area contributed by atoms with E-state index in [1.807, 2.05) is 0 Å². The first-order valence-electron chi connectivity index (χ1n) is 12.9. The van der Waals surface area contributed by atoms with E-state index in [1.165, 1.54) is 38.5 Å². The minimum absolute atomic E-state index is 0.134. The molecule has 7 rings (SSSR count). The van der Waals surface area contributed by atoms with Crippen LogP contribution in [0.1, 0.15) is 64.7 Å². The molecule has 0 aliphatic heterocycles. The van der Waals surface area contributed by atoms with Gasteiger partial charge in [-0.25, -0.2) is 14.6 Å². The van der Waals surface area contributed by atoms with Crippen molar-refractivity contribution in [3.05, 3.63) is 18.6 Å². The summed E-state index contributed by atoms with van der Waals surface area (Å²) in [6, 6.07) is 0. The third-order valence-corrected chi connectivity index (χ3v) is 10.9. The lowest BCUT2D eigenvalue weighted by Crippen LogP contribution is -2.50. The molecule has 0 aromatic carbocycles. The van der Waals surface area contributed by atoms with E-state index < -0.39 is 0 Å². The van der Waals surface area contributed by atoms with E-state index in [4.69, 9.17) is 0 Å². The van der Waals surface area contributed by atoms with Crippen LogP contribution in [0.2, 0.25) is 0 Å². The highest BCUT2D eigenvalue weighted by Gasteiger charge is 2.65. The van der Waals surface area contributed by atoms with Gasteiger partial charge in [0.05, 0.1) is 11.8 Å². The molecule has 0 bridgehead atoms. The van der Waals surface area contributed by atoms with Crippen LogP contribution < -0.4 is 0 Å². The fourth-order valence-corrected chi connectivity index (χ4v) is 9.40. The number of carbonyl (C=O) groups is 1. The Balaban J connectivity index is 1.11. The minimum Gasteiger partial charge on any atom is -0.390 e. The Morgan fingerprint density at radius 2 is 1.75 bits per heavy atom. The van der Waals surface area contributed by atoms with Crippen LogP contribution in [-0.4, -0.2) is 36.2 Å². The predicted octanol–water partition coefficient (Wildman–Crippen LogP) is 4.03. The molecule has 5 aliphatic carbocycles. The van der Waals surface area contributed by atoms with Gasteiger partial charge < -0.3 is 5.11 Å². The molecular weight excluding hydrogens is 400 g/mol. The van der Waals surface area contributed by atoms with Crippen molar-refractivity contribution in [3.8, 4) is 0 Å². The fourth-order valence-electron chi connectivity index (χ4n) is 9.40. The van der Waals surface area contributed by atoms with Gasteiger partial charge in [-0.1, -0.05) is 6.92 Å². The molecule has 5 aliphatic rings. The zero-order valence-corrected chi connectivity index (χ0v) is 19.0. The van der Waals surface area contributed by atoms with Crippen LogP contribution in [0.25, 0.3) is 11.2 Å². The normalized spacial score (nSPS) is 46.8. The third-order valence-electron chi connectivity index (χ3n) is 10.9. The van der Waals surface area contributed by atoms with E-state index in [2.05, 4.69) is 22.0 Å². The molecule has 0 radical (unpaired) electrons. The summed E-state index contributed by atoms with van der Waals surface area (Å²) < 4.78 is 1.75. The van der Waals surface area contributed by atoms with Crippen LogP contribution in [0.3, 0.4) is 0 Å². The maximum absolute atomic E-state index is 13.6. The maximum atomic E-state index is 13.6. The average molecular weight is 435 g/mol. The highest BCUT2D eigenvalue weighted by atomic mass is 16.3. The average Bonchev–Trinajstić information content (AvgIpc) is 3.15. The number of fused-ring (bicyclic) bond motifs is 8. The van der Waals surface area contributed by atoms with Crippen molar-refractivity contribution in [3.63, 3.8) is 0 Å². The van der Waals surface area contributed by atoms with Crippen molar-refractivity contribution in [1.82, 2.24) is 19.7 Å². The van der Waals surface area contributed by atoms with Gasteiger partial charge in [-0.15, -0.1) is 0 Å². The van der Waals surface area contributed by atoms with Crippen LogP contribution in [0.4, 0.5) is 0 Å². The van der Waals surface area contributed by atoms with Crippen LogP contribution in [0, 0.1) is 46.8 Å². The van der Waals surface area contributed by atoms with Crippen molar-refractivity contribution in [2.24, 2.45) is 46.8 Å². The number of carbonyl (C=O) groups excluding carboxylic acids is 1. The summed E-state index contributed by atoms with van der Waals surface area (Å²) in [6.07, 6.45) is 15.7. The molecule has 0 spiro atoms. The predicted molar refractivity (Wildman–Crippen MR) is 119 cm³/mol. The van der Waals surface area contributed by atoms with E-state index in [-0.39, 0.29) is 16.9 Å². The number of hydrogen-bond acceptors (Lipinski definition) is 5. The number of aliphatic hydroxyl groups is 1. The molecule has 170 valence electrons. The standard InChI is InChI=1S/C26H34N4O2/c1-25-8-6-15-16-7-9-26(32)12-21(26)18(16)3-2-17(15)19(25)4-5-20(25)23(31)14-30-24-22(13-29-30)27-10-11-28-24/h10-11,13,15-21,32H,2-9,12,14H2,1H3. The molecule has 1 N–H and O–H groups in total. The number of rotatable bonds is 3. The summed E-state index contributed by atoms with van der Waals surface area (Å²) in [7, 11) is 0. The van der Waals surface area contributed by atoms with E-state index in [1.54, 1.807) is 23.3 Å². The second kappa shape index (κ2) is 6.62. The molecule has 0 saturated heterocycles. The van der Waals surface area contributed by atoms with Crippen molar-refractivity contribution < 1.29 is 9.90 Å². The zero-order chi connectivity index (χ0) is 21.7. The Morgan fingerprint density at radius 3 is 2.59 bits per heavy atom. The monoisotopic (exact) mass is 434 g/mol. The fraction of sp³-hybridized carbons (Fsp3) is 0.769. The first kappa shape index (κ1) is 19.6. The topological polar surface area (TPSA) is 80.9 Å². The van der Waals surface area contributed by atoms with E-state index in [9.17, 15) is 9.90 Å². The van der Waals surface area contributed by atoms with Crippen molar-refractivity contribution in [1.29, 1.82) is 0 Å². The molecule has 32 heavy (non-hydrogen) atoms. The summed E-state index contributed by atoms with van der Waals surface area (Å²) in [5.41, 5.74) is 1.31.